The first-order valence-corrected chi connectivity index (χ1v) is 4.05. The Hall–Kier alpha value is -1.12. The molecule has 1 atom stereocenters. The van der Waals surface area contributed by atoms with Gasteiger partial charge in [0, 0.05) is 13.7 Å². The van der Waals surface area contributed by atoms with E-state index in [1.807, 2.05) is 6.07 Å². The van der Waals surface area contributed by atoms with Crippen LogP contribution in [0.3, 0.4) is 0 Å². The minimum atomic E-state index is -0.462. The number of rotatable bonds is 2. The van der Waals surface area contributed by atoms with Gasteiger partial charge in [-0.1, -0.05) is 0 Å². The van der Waals surface area contributed by atoms with Crippen LogP contribution in [0.1, 0.15) is 0 Å². The van der Waals surface area contributed by atoms with E-state index in [0.29, 0.717) is 19.8 Å². The lowest BCUT2D eigenvalue weighted by Gasteiger charge is -2.31. The molecule has 0 bridgehead atoms. The number of carbonyl (C=O) groups is 1. The van der Waals surface area contributed by atoms with Gasteiger partial charge < -0.3 is 14.4 Å². The maximum atomic E-state index is 11.4. The molecule has 5 nitrogen and oxygen atoms in total. The van der Waals surface area contributed by atoms with E-state index in [1.165, 1.54) is 12.0 Å². The molecule has 1 aliphatic heterocycles. The van der Waals surface area contributed by atoms with Crippen molar-refractivity contribution in [1.29, 1.82) is 5.26 Å². The Morgan fingerprint density at radius 1 is 1.85 bits per heavy atom. The van der Waals surface area contributed by atoms with E-state index in [-0.39, 0.29) is 12.5 Å². The van der Waals surface area contributed by atoms with Gasteiger partial charge in [0.2, 0.25) is 5.91 Å². The molecule has 0 radical (unpaired) electrons. The third-order valence-electron chi connectivity index (χ3n) is 1.87. The van der Waals surface area contributed by atoms with Crippen molar-refractivity contribution in [2.45, 2.75) is 6.04 Å². The summed E-state index contributed by atoms with van der Waals surface area (Å²) in [5, 5.41) is 8.71. The third-order valence-corrected chi connectivity index (χ3v) is 1.87. The van der Waals surface area contributed by atoms with Gasteiger partial charge in [0.1, 0.15) is 12.6 Å². The lowest BCUT2D eigenvalue weighted by atomic mass is 10.2. The van der Waals surface area contributed by atoms with E-state index < -0.39 is 6.04 Å². The highest BCUT2D eigenvalue weighted by atomic mass is 16.5. The summed E-state index contributed by atoms with van der Waals surface area (Å²) < 4.78 is 9.78. The Morgan fingerprint density at radius 3 is 3.23 bits per heavy atom. The molecule has 5 heteroatoms. The first-order valence-electron chi connectivity index (χ1n) is 4.05. The number of methoxy groups -OCH3 is 1. The number of nitrogens with zero attached hydrogens (tertiary/aromatic N) is 2. The summed E-state index contributed by atoms with van der Waals surface area (Å²) >= 11 is 0. The molecular formula is C8H12N2O3. The first kappa shape index (κ1) is 9.96. The molecule has 0 aromatic heterocycles. The van der Waals surface area contributed by atoms with E-state index in [1.54, 1.807) is 0 Å². The molecule has 0 N–H and O–H groups in total. The Kier molecular flexibility index (Phi) is 3.68. The highest BCUT2D eigenvalue weighted by Gasteiger charge is 2.26. The number of morpholine rings is 1. The molecule has 0 aromatic carbocycles. The molecule has 13 heavy (non-hydrogen) atoms. The van der Waals surface area contributed by atoms with E-state index >= 15 is 0 Å². The van der Waals surface area contributed by atoms with Crippen LogP contribution in [0.15, 0.2) is 0 Å². The molecule has 0 spiro atoms. The second-order valence-electron chi connectivity index (χ2n) is 2.74. The standard InChI is InChI=1S/C8H12N2O3/c1-12-6-8(11)10-2-3-13-5-7(10)4-9/h7H,2-3,5-6H2,1H3. The minimum absolute atomic E-state index is 0.0260. The van der Waals surface area contributed by atoms with Crippen LogP contribution in [0, 0.1) is 11.3 Å². The maximum Gasteiger partial charge on any atom is 0.249 e. The summed E-state index contributed by atoms with van der Waals surface area (Å²) in [6.07, 6.45) is 0. The normalized spacial score (nSPS) is 22.5. The summed E-state index contributed by atoms with van der Waals surface area (Å²) in [4.78, 5) is 12.9. The van der Waals surface area contributed by atoms with Gasteiger partial charge in [-0.25, -0.2) is 0 Å². The van der Waals surface area contributed by atoms with E-state index in [0.717, 1.165) is 0 Å². The minimum Gasteiger partial charge on any atom is -0.376 e. The SMILES string of the molecule is COCC(=O)N1CCOCC1C#N. The quantitative estimate of drug-likeness (QED) is 0.574. The Balaban J connectivity index is 2.54. The molecular weight excluding hydrogens is 172 g/mol. The number of hydrogen-bond donors (Lipinski definition) is 0. The van der Waals surface area contributed by atoms with Gasteiger partial charge in [-0.3, -0.25) is 4.79 Å². The fraction of sp³-hybridized carbons (Fsp3) is 0.750. The zero-order valence-corrected chi connectivity index (χ0v) is 7.52. The van der Waals surface area contributed by atoms with Crippen molar-refractivity contribution in [3.63, 3.8) is 0 Å². The highest BCUT2D eigenvalue weighted by molar-refractivity contribution is 5.78. The molecule has 1 saturated heterocycles. The van der Waals surface area contributed by atoms with Crippen LogP contribution in [0.2, 0.25) is 0 Å². The van der Waals surface area contributed by atoms with Gasteiger partial charge in [-0.05, 0) is 0 Å². The van der Waals surface area contributed by atoms with Crippen molar-refractivity contribution in [2.24, 2.45) is 0 Å². The van der Waals surface area contributed by atoms with Crippen LogP contribution in [0.5, 0.6) is 0 Å². The Labute approximate surface area is 76.8 Å². The molecule has 1 aliphatic rings. The average Bonchev–Trinajstić information content (AvgIpc) is 2.18. The van der Waals surface area contributed by atoms with Crippen molar-refractivity contribution in [3.8, 4) is 6.07 Å². The zero-order valence-electron chi connectivity index (χ0n) is 7.52. The molecule has 1 fully saturated rings. The smallest absolute Gasteiger partial charge is 0.249 e. The van der Waals surface area contributed by atoms with Gasteiger partial charge in [0.15, 0.2) is 0 Å². The monoisotopic (exact) mass is 184 g/mol. The molecule has 72 valence electrons. The largest absolute Gasteiger partial charge is 0.376 e. The van der Waals surface area contributed by atoms with Crippen LogP contribution in [0.25, 0.3) is 0 Å². The van der Waals surface area contributed by atoms with E-state index in [9.17, 15) is 4.79 Å². The van der Waals surface area contributed by atoms with Crippen molar-refractivity contribution in [2.75, 3.05) is 33.5 Å². The highest BCUT2D eigenvalue weighted by Crippen LogP contribution is 2.06. The van der Waals surface area contributed by atoms with Crippen LogP contribution in [-0.4, -0.2) is 50.3 Å². The van der Waals surface area contributed by atoms with Crippen molar-refractivity contribution < 1.29 is 14.3 Å². The fourth-order valence-electron chi connectivity index (χ4n) is 1.22. The molecule has 1 heterocycles. The van der Waals surface area contributed by atoms with Crippen molar-refractivity contribution in [3.05, 3.63) is 0 Å². The van der Waals surface area contributed by atoms with Gasteiger partial charge in [0.05, 0.1) is 19.3 Å². The molecule has 0 aromatic rings. The second-order valence-corrected chi connectivity index (χ2v) is 2.74. The summed E-state index contributed by atoms with van der Waals surface area (Å²) in [7, 11) is 1.46. The number of amides is 1. The third kappa shape index (κ3) is 2.41. The average molecular weight is 184 g/mol. The maximum absolute atomic E-state index is 11.4. The molecule has 0 saturated carbocycles. The molecule has 1 rings (SSSR count). The predicted molar refractivity (Wildman–Crippen MR) is 43.8 cm³/mol. The molecule has 0 aliphatic carbocycles. The second kappa shape index (κ2) is 4.80. The number of hydrogen-bond acceptors (Lipinski definition) is 4. The van der Waals surface area contributed by atoms with Crippen molar-refractivity contribution >= 4 is 5.91 Å². The summed E-state index contributed by atoms with van der Waals surface area (Å²) in [6.45, 7) is 1.29. The summed E-state index contributed by atoms with van der Waals surface area (Å²) in [5.74, 6) is -0.155. The summed E-state index contributed by atoms with van der Waals surface area (Å²) in [6, 6.07) is 1.56. The van der Waals surface area contributed by atoms with Gasteiger partial charge >= 0.3 is 0 Å². The van der Waals surface area contributed by atoms with Crippen LogP contribution >= 0.6 is 0 Å². The number of ether oxygens (including phenoxy) is 2. The summed E-state index contributed by atoms with van der Waals surface area (Å²) in [5.41, 5.74) is 0. The molecule has 1 unspecified atom stereocenters. The lowest BCUT2D eigenvalue weighted by Crippen LogP contribution is -2.49. The van der Waals surface area contributed by atoms with Crippen LogP contribution < -0.4 is 0 Å². The Morgan fingerprint density at radius 2 is 2.62 bits per heavy atom. The van der Waals surface area contributed by atoms with Crippen LogP contribution in [-0.2, 0) is 14.3 Å². The fourth-order valence-corrected chi connectivity index (χ4v) is 1.22. The predicted octanol–water partition coefficient (Wildman–Crippen LogP) is -0.616. The number of carbonyl (C=O) groups excluding carboxylic acids is 1. The topological polar surface area (TPSA) is 62.6 Å². The van der Waals surface area contributed by atoms with Gasteiger partial charge in [0.25, 0.3) is 0 Å². The van der Waals surface area contributed by atoms with E-state index in [2.05, 4.69) is 0 Å². The first-order chi connectivity index (χ1) is 6.29. The zero-order chi connectivity index (χ0) is 9.68. The van der Waals surface area contributed by atoms with Crippen LogP contribution in [0.4, 0.5) is 0 Å². The van der Waals surface area contributed by atoms with Gasteiger partial charge in [-0.15, -0.1) is 0 Å². The number of nitriles is 1. The van der Waals surface area contributed by atoms with E-state index in [4.69, 9.17) is 14.7 Å². The Bertz CT molecular complexity index is 224. The molecule has 1 amide bonds. The van der Waals surface area contributed by atoms with Crippen molar-refractivity contribution in [1.82, 2.24) is 4.90 Å². The van der Waals surface area contributed by atoms with Gasteiger partial charge in [-0.2, -0.15) is 5.26 Å². The lowest BCUT2D eigenvalue weighted by molar-refractivity contribution is -0.141.